The maximum atomic E-state index is 5.81. The molecule has 0 spiro atoms. The molecular formula is C13H15N5S. The molecule has 0 fully saturated rings. The maximum absolute atomic E-state index is 5.81. The van der Waals surface area contributed by atoms with E-state index in [0.717, 1.165) is 34.7 Å². The average Bonchev–Trinajstić information content (AvgIpc) is 2.94. The van der Waals surface area contributed by atoms with E-state index in [9.17, 15) is 0 Å². The quantitative estimate of drug-likeness (QED) is 0.796. The van der Waals surface area contributed by atoms with E-state index in [1.165, 1.54) is 4.88 Å². The Balaban J connectivity index is 2.26. The number of nitrogens with two attached hydrogens (primary N) is 1. The van der Waals surface area contributed by atoms with Gasteiger partial charge in [0.05, 0.1) is 5.39 Å². The van der Waals surface area contributed by atoms with Crippen LogP contribution in [-0.2, 0) is 6.42 Å². The topological polar surface area (TPSA) is 69.6 Å². The van der Waals surface area contributed by atoms with Crippen LogP contribution in [0.5, 0.6) is 0 Å². The average molecular weight is 273 g/mol. The van der Waals surface area contributed by atoms with Crippen molar-refractivity contribution in [1.82, 2.24) is 19.5 Å². The number of hydrogen-bond acceptors (Lipinski definition) is 5. The van der Waals surface area contributed by atoms with Gasteiger partial charge in [0, 0.05) is 23.7 Å². The van der Waals surface area contributed by atoms with Crippen LogP contribution < -0.4 is 5.73 Å². The van der Waals surface area contributed by atoms with E-state index in [1.54, 1.807) is 17.5 Å². The second-order valence-corrected chi connectivity index (χ2v) is 5.68. The molecule has 19 heavy (non-hydrogen) atoms. The first-order valence-corrected chi connectivity index (χ1v) is 7.07. The van der Waals surface area contributed by atoms with Gasteiger partial charge in [-0.15, -0.1) is 11.3 Å². The molecule has 0 radical (unpaired) electrons. The van der Waals surface area contributed by atoms with Gasteiger partial charge < -0.3 is 5.73 Å². The highest BCUT2D eigenvalue weighted by Crippen LogP contribution is 2.28. The van der Waals surface area contributed by atoms with Crippen molar-refractivity contribution < 1.29 is 0 Å². The lowest BCUT2D eigenvalue weighted by atomic mass is 10.3. The van der Waals surface area contributed by atoms with Crippen LogP contribution in [0.15, 0.2) is 18.5 Å². The Morgan fingerprint density at radius 2 is 2.21 bits per heavy atom. The van der Waals surface area contributed by atoms with E-state index in [4.69, 9.17) is 5.73 Å². The third-order valence-electron chi connectivity index (χ3n) is 2.93. The summed E-state index contributed by atoms with van der Waals surface area (Å²) in [5.41, 5.74) is 5.81. The number of imidazole rings is 1. The molecule has 0 amide bonds. The van der Waals surface area contributed by atoms with Crippen LogP contribution >= 0.6 is 11.3 Å². The van der Waals surface area contributed by atoms with Gasteiger partial charge in [-0.2, -0.15) is 4.98 Å². The number of hydrogen-bond donors (Lipinski definition) is 1. The van der Waals surface area contributed by atoms with Gasteiger partial charge in [0.15, 0.2) is 5.82 Å². The normalized spacial score (nSPS) is 11.3. The molecule has 3 rings (SSSR count). The molecule has 3 aromatic heterocycles. The minimum absolute atomic E-state index is 0.306. The van der Waals surface area contributed by atoms with Crippen LogP contribution in [0.1, 0.15) is 24.0 Å². The largest absolute Gasteiger partial charge is 0.368 e. The summed E-state index contributed by atoms with van der Waals surface area (Å²) in [7, 11) is 0. The third-order valence-corrected chi connectivity index (χ3v) is 3.88. The van der Waals surface area contributed by atoms with Crippen molar-refractivity contribution in [3.63, 3.8) is 0 Å². The van der Waals surface area contributed by atoms with E-state index in [1.807, 2.05) is 10.8 Å². The van der Waals surface area contributed by atoms with Crippen molar-refractivity contribution in [2.45, 2.75) is 26.7 Å². The Morgan fingerprint density at radius 3 is 3.00 bits per heavy atom. The van der Waals surface area contributed by atoms with E-state index < -0.39 is 0 Å². The minimum atomic E-state index is 0.306. The van der Waals surface area contributed by atoms with Crippen LogP contribution in [0.3, 0.4) is 0 Å². The van der Waals surface area contributed by atoms with Gasteiger partial charge in [-0.25, -0.2) is 9.97 Å². The predicted molar refractivity (Wildman–Crippen MR) is 77.7 cm³/mol. The molecule has 0 aliphatic heterocycles. The molecular weight excluding hydrogens is 258 g/mol. The molecule has 5 nitrogen and oxygen atoms in total. The number of fused-ring (bicyclic) bond motifs is 1. The van der Waals surface area contributed by atoms with E-state index in [2.05, 4.69) is 34.9 Å². The first-order chi connectivity index (χ1) is 9.19. The fourth-order valence-corrected chi connectivity index (χ4v) is 3.04. The van der Waals surface area contributed by atoms with Gasteiger partial charge in [-0.05, 0) is 19.4 Å². The summed E-state index contributed by atoms with van der Waals surface area (Å²) >= 11 is 1.63. The van der Waals surface area contributed by atoms with Crippen LogP contribution in [0.25, 0.3) is 16.0 Å². The lowest BCUT2D eigenvalue weighted by Gasteiger charge is -2.08. The van der Waals surface area contributed by atoms with Crippen molar-refractivity contribution >= 4 is 27.5 Å². The summed E-state index contributed by atoms with van der Waals surface area (Å²) in [6, 6.07) is 2.10. The zero-order valence-electron chi connectivity index (χ0n) is 10.9. The number of rotatable bonds is 3. The zero-order valence-corrected chi connectivity index (χ0v) is 11.7. The Kier molecular flexibility index (Phi) is 2.94. The maximum Gasteiger partial charge on any atom is 0.223 e. The fourth-order valence-electron chi connectivity index (χ4n) is 2.16. The summed E-state index contributed by atoms with van der Waals surface area (Å²) in [5.74, 6) is 2.14. The minimum Gasteiger partial charge on any atom is -0.368 e. The summed E-state index contributed by atoms with van der Waals surface area (Å²) in [6.07, 6.45) is 5.69. The molecule has 3 aromatic rings. The van der Waals surface area contributed by atoms with Crippen LogP contribution in [0.4, 0.5) is 5.95 Å². The molecule has 0 aliphatic carbocycles. The SMILES string of the molecule is CCCc1nccn1-c1nc(N)nc2sc(C)cc12. The third kappa shape index (κ3) is 2.08. The molecule has 0 aromatic carbocycles. The van der Waals surface area contributed by atoms with Gasteiger partial charge in [0.2, 0.25) is 5.95 Å². The number of aryl methyl sites for hydroxylation is 2. The summed E-state index contributed by atoms with van der Waals surface area (Å²) in [6.45, 7) is 4.20. The van der Waals surface area contributed by atoms with Gasteiger partial charge in [0.1, 0.15) is 10.7 Å². The zero-order chi connectivity index (χ0) is 13.4. The Bertz CT molecular complexity index is 728. The van der Waals surface area contributed by atoms with E-state index in [0.29, 0.717) is 5.95 Å². The second kappa shape index (κ2) is 4.62. The van der Waals surface area contributed by atoms with Crippen LogP contribution in [-0.4, -0.2) is 19.5 Å². The summed E-state index contributed by atoms with van der Waals surface area (Å²) in [4.78, 5) is 15.2. The fraction of sp³-hybridized carbons (Fsp3) is 0.308. The molecule has 0 unspecified atom stereocenters. The molecule has 0 aliphatic rings. The number of nitrogen functional groups attached to an aromatic ring is 1. The van der Waals surface area contributed by atoms with Gasteiger partial charge in [0.25, 0.3) is 0 Å². The predicted octanol–water partition coefficient (Wildman–Crippen LogP) is 2.72. The highest BCUT2D eigenvalue weighted by molar-refractivity contribution is 7.18. The number of aromatic nitrogens is 4. The smallest absolute Gasteiger partial charge is 0.223 e. The van der Waals surface area contributed by atoms with Crippen LogP contribution in [0.2, 0.25) is 0 Å². The Morgan fingerprint density at radius 1 is 1.37 bits per heavy atom. The molecule has 98 valence electrons. The molecule has 3 heterocycles. The van der Waals surface area contributed by atoms with Crippen molar-refractivity contribution in [3.05, 3.63) is 29.2 Å². The highest BCUT2D eigenvalue weighted by atomic mass is 32.1. The van der Waals surface area contributed by atoms with Gasteiger partial charge >= 0.3 is 0 Å². The molecule has 0 atom stereocenters. The molecule has 0 bridgehead atoms. The number of anilines is 1. The lowest BCUT2D eigenvalue weighted by molar-refractivity contribution is 0.801. The molecule has 0 saturated heterocycles. The highest BCUT2D eigenvalue weighted by Gasteiger charge is 2.13. The second-order valence-electron chi connectivity index (χ2n) is 4.44. The molecule has 6 heteroatoms. The van der Waals surface area contributed by atoms with Gasteiger partial charge in [-0.3, -0.25) is 4.57 Å². The molecule has 0 saturated carbocycles. The van der Waals surface area contributed by atoms with Crippen molar-refractivity contribution in [2.75, 3.05) is 5.73 Å². The van der Waals surface area contributed by atoms with Crippen molar-refractivity contribution in [3.8, 4) is 5.82 Å². The molecule has 2 N–H and O–H groups in total. The van der Waals surface area contributed by atoms with Crippen LogP contribution in [0, 0.1) is 6.92 Å². The first kappa shape index (κ1) is 12.1. The number of nitrogens with zero attached hydrogens (tertiary/aromatic N) is 4. The van der Waals surface area contributed by atoms with Gasteiger partial charge in [-0.1, -0.05) is 6.92 Å². The van der Waals surface area contributed by atoms with Crippen molar-refractivity contribution in [2.24, 2.45) is 0 Å². The lowest BCUT2D eigenvalue weighted by Crippen LogP contribution is -2.06. The first-order valence-electron chi connectivity index (χ1n) is 6.25. The Hall–Kier alpha value is -1.95. The monoisotopic (exact) mass is 273 g/mol. The summed E-state index contributed by atoms with van der Waals surface area (Å²) in [5, 5.41) is 1.03. The number of thiophene rings is 1. The van der Waals surface area contributed by atoms with Crippen molar-refractivity contribution in [1.29, 1.82) is 0 Å². The Labute approximate surface area is 115 Å². The standard InChI is InChI=1S/C13H15N5S/c1-3-4-10-15-5-6-18(10)11-9-7-8(2)19-12(9)17-13(14)16-11/h5-7H,3-4H2,1-2H3,(H2,14,16,17). The van der Waals surface area contributed by atoms with E-state index in [-0.39, 0.29) is 0 Å². The summed E-state index contributed by atoms with van der Waals surface area (Å²) < 4.78 is 2.01. The van der Waals surface area contributed by atoms with E-state index >= 15 is 0 Å².